The Morgan fingerprint density at radius 3 is 2.06 bits per heavy atom. The first-order chi connectivity index (χ1) is 33.8. The number of benzene rings is 7. The molecule has 69 heavy (non-hydrogen) atoms. The van der Waals surface area contributed by atoms with Gasteiger partial charge in [0.2, 0.25) is 0 Å². The van der Waals surface area contributed by atoms with Gasteiger partial charge in [-0.15, -0.1) is 0 Å². The van der Waals surface area contributed by atoms with Crippen LogP contribution in [0.15, 0.2) is 199 Å². The fraction of sp³-hybridized carbons (Fsp3) is 0.242. The maximum absolute atomic E-state index is 4.10. The molecule has 7 aromatic rings. The molecule has 2 N–H and O–H groups in total. The molecule has 0 radical (unpaired) electrons. The lowest BCUT2D eigenvalue weighted by Gasteiger charge is -2.45. The van der Waals surface area contributed by atoms with Crippen molar-refractivity contribution in [2.24, 2.45) is 5.92 Å². The summed E-state index contributed by atoms with van der Waals surface area (Å²) in [6.07, 6.45) is 20.5. The van der Waals surface area contributed by atoms with Crippen molar-refractivity contribution >= 4 is 39.0 Å². The fourth-order valence-corrected chi connectivity index (χ4v) is 9.93. The Balaban J connectivity index is 0.00000102. The van der Waals surface area contributed by atoms with Crippen LogP contribution in [0, 0.1) is 12.8 Å². The zero-order chi connectivity index (χ0) is 48.4. The number of unbranched alkanes of at least 4 members (excludes halogenated alkanes) is 1. The molecular weight excluding hydrogens is 835 g/mol. The van der Waals surface area contributed by atoms with Gasteiger partial charge in [0.15, 0.2) is 0 Å². The molecule has 350 valence electrons. The third-order valence-electron chi connectivity index (χ3n) is 14.0. The van der Waals surface area contributed by atoms with Gasteiger partial charge in [0, 0.05) is 47.1 Å². The van der Waals surface area contributed by atoms with Gasteiger partial charge in [0.25, 0.3) is 0 Å². The summed E-state index contributed by atoms with van der Waals surface area (Å²) in [7, 11) is 0. The molecule has 5 atom stereocenters. The minimum absolute atomic E-state index is 0.0304. The Labute approximate surface area is 413 Å². The lowest BCUT2D eigenvalue weighted by molar-refractivity contribution is 0.152. The average Bonchev–Trinajstić information content (AvgIpc) is 3.39. The van der Waals surface area contributed by atoms with E-state index in [0.29, 0.717) is 0 Å². The second-order valence-corrected chi connectivity index (χ2v) is 18.5. The van der Waals surface area contributed by atoms with Gasteiger partial charge in [-0.3, -0.25) is 4.90 Å². The Morgan fingerprint density at radius 1 is 0.710 bits per heavy atom. The molecule has 0 aromatic heterocycles. The highest BCUT2D eigenvalue weighted by molar-refractivity contribution is 6.01. The van der Waals surface area contributed by atoms with Crippen LogP contribution in [-0.2, 0) is 0 Å². The van der Waals surface area contributed by atoms with Gasteiger partial charge in [0.1, 0.15) is 6.17 Å². The zero-order valence-corrected chi connectivity index (χ0v) is 42.4. The van der Waals surface area contributed by atoms with Gasteiger partial charge in [0.05, 0.1) is 0 Å². The van der Waals surface area contributed by atoms with Crippen LogP contribution in [0.3, 0.4) is 0 Å². The molecule has 0 fully saturated rings. The summed E-state index contributed by atoms with van der Waals surface area (Å²) in [4.78, 5) is 2.58. The van der Waals surface area contributed by atoms with Crippen LogP contribution < -0.4 is 10.6 Å². The van der Waals surface area contributed by atoms with E-state index in [-0.39, 0.29) is 24.2 Å². The normalized spacial score (nSPS) is 19.4. The van der Waals surface area contributed by atoms with E-state index >= 15 is 0 Å². The largest absolute Gasteiger partial charge is 0.378 e. The predicted octanol–water partition coefficient (Wildman–Crippen LogP) is 17.6. The van der Waals surface area contributed by atoms with Crippen molar-refractivity contribution < 1.29 is 0 Å². The van der Waals surface area contributed by atoms with Gasteiger partial charge in [-0.25, -0.2) is 0 Å². The summed E-state index contributed by atoms with van der Waals surface area (Å²) in [6, 6.07) is 54.4. The van der Waals surface area contributed by atoms with E-state index in [2.05, 4.69) is 258 Å². The summed E-state index contributed by atoms with van der Waals surface area (Å²) >= 11 is 0. The Kier molecular flexibility index (Phi) is 15.8. The monoisotopic (exact) mass is 906 g/mol. The summed E-state index contributed by atoms with van der Waals surface area (Å²) in [6.45, 7) is 20.5. The second-order valence-electron chi connectivity index (χ2n) is 18.5. The summed E-state index contributed by atoms with van der Waals surface area (Å²) in [5, 5.41) is 13.2. The van der Waals surface area contributed by atoms with Crippen molar-refractivity contribution in [1.82, 2.24) is 15.5 Å². The molecule has 0 spiro atoms. The number of aryl methyl sites for hydroxylation is 1. The molecule has 5 unspecified atom stereocenters. The van der Waals surface area contributed by atoms with Crippen molar-refractivity contribution in [3.05, 3.63) is 233 Å². The summed E-state index contributed by atoms with van der Waals surface area (Å²) < 4.78 is 0. The maximum Gasteiger partial charge on any atom is 0.106 e. The molecule has 3 aliphatic rings. The number of rotatable bonds is 10. The topological polar surface area (TPSA) is 27.3 Å². The molecule has 1 aliphatic carbocycles. The highest BCUT2D eigenvalue weighted by atomic mass is 15.3. The molecule has 3 heteroatoms. The smallest absolute Gasteiger partial charge is 0.106 e. The predicted molar refractivity (Wildman–Crippen MR) is 301 cm³/mol. The van der Waals surface area contributed by atoms with Crippen LogP contribution in [0.5, 0.6) is 0 Å². The van der Waals surface area contributed by atoms with Crippen molar-refractivity contribution in [2.45, 2.75) is 93.4 Å². The van der Waals surface area contributed by atoms with E-state index in [0.717, 1.165) is 6.54 Å². The van der Waals surface area contributed by atoms with Gasteiger partial charge < -0.3 is 10.6 Å². The number of hydrogen-bond acceptors (Lipinski definition) is 3. The highest BCUT2D eigenvalue weighted by Crippen LogP contribution is 2.42. The van der Waals surface area contributed by atoms with E-state index < -0.39 is 0 Å². The second kappa shape index (κ2) is 22.4. The molecule has 3 nitrogen and oxygen atoms in total. The number of allylic oxidation sites excluding steroid dienone is 6. The molecule has 10 rings (SSSR count). The lowest BCUT2D eigenvalue weighted by atomic mass is 9.86. The molecule has 0 amide bonds. The van der Waals surface area contributed by atoms with Crippen LogP contribution in [0.2, 0.25) is 0 Å². The van der Waals surface area contributed by atoms with Crippen LogP contribution in [0.1, 0.15) is 114 Å². The maximum atomic E-state index is 4.10. The molecular formula is C66H71N3. The number of nitrogens with zero attached hydrogens (tertiary/aromatic N) is 1. The Morgan fingerprint density at radius 2 is 1.36 bits per heavy atom. The number of fused-ring (bicyclic) bond motifs is 4. The molecule has 2 bridgehead atoms. The highest BCUT2D eigenvalue weighted by Gasteiger charge is 2.35. The van der Waals surface area contributed by atoms with E-state index in [1.54, 1.807) is 0 Å². The first kappa shape index (κ1) is 48.5. The molecule has 7 aromatic carbocycles. The van der Waals surface area contributed by atoms with Gasteiger partial charge in [-0.05, 0) is 111 Å². The molecule has 2 heterocycles. The Hall–Kier alpha value is -6.94. The number of hydrogen-bond donors (Lipinski definition) is 2. The van der Waals surface area contributed by atoms with Gasteiger partial charge in [-0.1, -0.05) is 236 Å². The van der Waals surface area contributed by atoms with E-state index in [9.17, 15) is 0 Å². The first-order valence-corrected chi connectivity index (χ1v) is 25.5. The zero-order valence-electron chi connectivity index (χ0n) is 42.4. The van der Waals surface area contributed by atoms with Crippen molar-refractivity contribution in [3.8, 4) is 22.3 Å². The first-order valence-electron chi connectivity index (χ1n) is 25.5. The van der Waals surface area contributed by atoms with E-state index in [4.69, 9.17) is 0 Å². The third-order valence-corrected chi connectivity index (χ3v) is 14.0. The molecule has 0 saturated carbocycles. The van der Waals surface area contributed by atoms with Crippen LogP contribution in [-0.4, -0.2) is 17.5 Å². The van der Waals surface area contributed by atoms with E-state index in [1.165, 1.54) is 113 Å². The van der Waals surface area contributed by atoms with E-state index in [1.807, 2.05) is 13.8 Å². The van der Waals surface area contributed by atoms with Crippen molar-refractivity contribution in [2.75, 3.05) is 6.54 Å². The van der Waals surface area contributed by atoms with Crippen molar-refractivity contribution in [3.63, 3.8) is 0 Å². The minimum Gasteiger partial charge on any atom is -0.378 e. The van der Waals surface area contributed by atoms with Crippen LogP contribution >= 0.6 is 0 Å². The summed E-state index contributed by atoms with van der Waals surface area (Å²) in [5.41, 5.74) is 17.5. The standard InChI is InChI=1S/C60H55N3.C4H10.C2H6/c1-6-14-43-22-32-50(37-40(43)3)46-27-30-48(31-28-46)60-62-59(53-21-13-36-63(60)42(53)5)57-35-34-56(54-19-11-12-20-55(54)57)58(52-18-10-7-15-39(52)2)61-41(4)44-23-25-47(26-24-44)51-33-29-45-16-8-9-17-49(45)38-51;1-3-4-2;1-2/h6-35,37-39,41-42,60-62H,36H2,1-5H3;3-4H2,1-2H3;1-2H3/b14-6-,58-52-;;. The van der Waals surface area contributed by atoms with Crippen LogP contribution in [0.4, 0.5) is 0 Å². The lowest BCUT2D eigenvalue weighted by Crippen LogP contribution is -2.49. The SMILES string of the molecule is C/C=C\c1ccc(-c2ccc(C3NC(c4ccc(/C(NC(C)c5ccc(-c6ccc7ccccc7c6)cc5)=C5\C=CC=CC5C)c5ccccc45)=C4C=CCN3C4C)cc2)cc1C.CC.CCCC. The summed E-state index contributed by atoms with van der Waals surface area (Å²) in [5.74, 6) is 0.260. The fourth-order valence-electron chi connectivity index (χ4n) is 9.93. The average molecular weight is 906 g/mol. The van der Waals surface area contributed by atoms with Crippen LogP contribution in [0.25, 0.3) is 61.3 Å². The quantitative estimate of drug-likeness (QED) is 0.143. The molecule has 2 aliphatic heterocycles. The molecule has 0 saturated heterocycles. The number of nitrogens with one attached hydrogen (secondary N) is 2. The third kappa shape index (κ3) is 10.4. The minimum atomic E-state index is 0.0304. The van der Waals surface area contributed by atoms with Crippen molar-refractivity contribution in [1.29, 1.82) is 0 Å². The van der Waals surface area contributed by atoms with Gasteiger partial charge >= 0.3 is 0 Å². The van der Waals surface area contributed by atoms with Gasteiger partial charge in [-0.2, -0.15) is 0 Å². The Bertz CT molecular complexity index is 3080.